The molecule has 0 radical (unpaired) electrons. The van der Waals surface area contributed by atoms with E-state index in [1.165, 1.54) is 77.4 Å². The summed E-state index contributed by atoms with van der Waals surface area (Å²) >= 11 is 0. The SMILES string of the molecule is CC(C)c1cc(C(C)C)c(-c2ccc3[nH]c4ccc(-c5c(C(C)C)cc(C(C)C)cc5C(C)C)cc4c3c2)c(C(C)C)c1. The van der Waals surface area contributed by atoms with Gasteiger partial charge >= 0.3 is 0 Å². The number of aromatic amines is 1. The lowest BCUT2D eigenvalue weighted by atomic mass is 9.81. The molecule has 0 aliphatic carbocycles. The second kappa shape index (κ2) is 12.0. The van der Waals surface area contributed by atoms with Crippen LogP contribution in [0.25, 0.3) is 44.1 Å². The minimum Gasteiger partial charge on any atom is -0.355 e. The van der Waals surface area contributed by atoms with E-state index in [9.17, 15) is 0 Å². The Morgan fingerprint density at radius 3 is 0.930 bits per heavy atom. The van der Waals surface area contributed by atoms with E-state index in [-0.39, 0.29) is 0 Å². The first kappa shape index (κ1) is 31.1. The fraction of sp³-hybridized carbons (Fsp3) is 0.429. The number of aromatic nitrogens is 1. The van der Waals surface area contributed by atoms with E-state index in [1.807, 2.05) is 0 Å². The quantitative estimate of drug-likeness (QED) is 0.191. The first-order chi connectivity index (χ1) is 20.3. The third-order valence-corrected chi connectivity index (χ3v) is 9.44. The van der Waals surface area contributed by atoms with Gasteiger partial charge in [0.2, 0.25) is 0 Å². The molecule has 4 aromatic carbocycles. The molecule has 0 aliphatic heterocycles. The molecule has 1 N–H and O–H groups in total. The van der Waals surface area contributed by atoms with Crippen molar-refractivity contribution in [2.75, 3.05) is 0 Å². The van der Waals surface area contributed by atoms with Crippen molar-refractivity contribution in [2.45, 2.75) is 119 Å². The van der Waals surface area contributed by atoms with Gasteiger partial charge < -0.3 is 4.98 Å². The minimum atomic E-state index is 0.453. The van der Waals surface area contributed by atoms with Crippen molar-refractivity contribution in [1.82, 2.24) is 4.98 Å². The molecule has 0 fully saturated rings. The topological polar surface area (TPSA) is 15.8 Å². The number of fused-ring (bicyclic) bond motifs is 3. The van der Waals surface area contributed by atoms with E-state index in [0.717, 1.165) is 0 Å². The number of hydrogen-bond donors (Lipinski definition) is 1. The van der Waals surface area contributed by atoms with Gasteiger partial charge in [0.1, 0.15) is 0 Å². The minimum absolute atomic E-state index is 0.453. The highest BCUT2D eigenvalue weighted by Gasteiger charge is 2.21. The number of hydrogen-bond acceptors (Lipinski definition) is 0. The molecule has 43 heavy (non-hydrogen) atoms. The van der Waals surface area contributed by atoms with Crippen LogP contribution in [0.3, 0.4) is 0 Å². The summed E-state index contributed by atoms with van der Waals surface area (Å²) in [5, 5.41) is 2.62. The summed E-state index contributed by atoms with van der Waals surface area (Å²) in [6.45, 7) is 28.0. The van der Waals surface area contributed by atoms with E-state index in [2.05, 4.69) is 149 Å². The Morgan fingerprint density at radius 1 is 0.372 bits per heavy atom. The summed E-state index contributed by atoms with van der Waals surface area (Å²) in [7, 11) is 0. The smallest absolute Gasteiger partial charge is 0.0465 e. The molecular weight excluding hydrogens is 518 g/mol. The van der Waals surface area contributed by atoms with Crippen LogP contribution in [0, 0.1) is 0 Å². The van der Waals surface area contributed by atoms with Crippen molar-refractivity contribution in [3.63, 3.8) is 0 Å². The van der Waals surface area contributed by atoms with Crippen LogP contribution < -0.4 is 0 Å². The Balaban J connectivity index is 1.78. The van der Waals surface area contributed by atoms with Gasteiger partial charge in [0.15, 0.2) is 0 Å². The summed E-state index contributed by atoms with van der Waals surface area (Å²) in [6, 6.07) is 24.0. The Hall–Kier alpha value is -3.32. The maximum absolute atomic E-state index is 3.73. The van der Waals surface area contributed by atoms with Gasteiger partial charge in [-0.1, -0.05) is 119 Å². The van der Waals surface area contributed by atoms with Crippen LogP contribution >= 0.6 is 0 Å². The molecule has 0 saturated heterocycles. The third-order valence-electron chi connectivity index (χ3n) is 9.44. The van der Waals surface area contributed by atoms with Crippen LogP contribution in [0.2, 0.25) is 0 Å². The largest absolute Gasteiger partial charge is 0.355 e. The highest BCUT2D eigenvalue weighted by molar-refractivity contribution is 6.10. The second-order valence-electron chi connectivity index (χ2n) is 14.7. The van der Waals surface area contributed by atoms with Crippen LogP contribution in [-0.2, 0) is 0 Å². The lowest BCUT2D eigenvalue weighted by Gasteiger charge is -2.23. The predicted octanol–water partition coefficient (Wildman–Crippen LogP) is 13.4. The lowest BCUT2D eigenvalue weighted by molar-refractivity contribution is 0.807. The van der Waals surface area contributed by atoms with Gasteiger partial charge in [0.25, 0.3) is 0 Å². The fourth-order valence-corrected chi connectivity index (χ4v) is 6.79. The molecule has 5 rings (SSSR count). The summed E-state index contributed by atoms with van der Waals surface area (Å²) in [6.07, 6.45) is 0. The molecule has 0 saturated carbocycles. The molecule has 0 spiro atoms. The summed E-state index contributed by atoms with van der Waals surface area (Å²) < 4.78 is 0. The van der Waals surface area contributed by atoms with Crippen molar-refractivity contribution in [1.29, 1.82) is 0 Å². The van der Waals surface area contributed by atoms with Crippen LogP contribution in [0.5, 0.6) is 0 Å². The van der Waals surface area contributed by atoms with Crippen molar-refractivity contribution in [3.05, 3.63) is 94.0 Å². The molecule has 0 aliphatic rings. The van der Waals surface area contributed by atoms with Crippen LogP contribution in [0.4, 0.5) is 0 Å². The molecule has 0 bridgehead atoms. The van der Waals surface area contributed by atoms with E-state index >= 15 is 0 Å². The Bertz CT molecular complexity index is 1580. The highest BCUT2D eigenvalue weighted by Crippen LogP contribution is 2.43. The van der Waals surface area contributed by atoms with Gasteiger partial charge in [-0.2, -0.15) is 0 Å². The number of H-pyrrole nitrogens is 1. The van der Waals surface area contributed by atoms with E-state index < -0.39 is 0 Å². The molecule has 1 heteroatoms. The molecular formula is C42H53N. The fourth-order valence-electron chi connectivity index (χ4n) is 6.79. The molecule has 5 aromatic rings. The van der Waals surface area contributed by atoms with Crippen LogP contribution in [0.1, 0.15) is 152 Å². The molecule has 0 unspecified atom stereocenters. The van der Waals surface area contributed by atoms with E-state index in [4.69, 9.17) is 0 Å². The monoisotopic (exact) mass is 571 g/mol. The summed E-state index contributed by atoms with van der Waals surface area (Å²) in [4.78, 5) is 3.73. The van der Waals surface area contributed by atoms with Gasteiger partial charge in [-0.25, -0.2) is 0 Å². The second-order valence-corrected chi connectivity index (χ2v) is 14.7. The van der Waals surface area contributed by atoms with Gasteiger partial charge in [0, 0.05) is 21.8 Å². The Morgan fingerprint density at radius 2 is 0.674 bits per heavy atom. The molecule has 0 amide bonds. The van der Waals surface area contributed by atoms with Crippen molar-refractivity contribution in [3.8, 4) is 22.3 Å². The van der Waals surface area contributed by atoms with Crippen LogP contribution in [-0.4, -0.2) is 4.98 Å². The van der Waals surface area contributed by atoms with Crippen molar-refractivity contribution in [2.24, 2.45) is 0 Å². The Labute approximate surface area is 261 Å². The van der Waals surface area contributed by atoms with E-state index in [0.29, 0.717) is 35.5 Å². The van der Waals surface area contributed by atoms with Gasteiger partial charge in [-0.15, -0.1) is 0 Å². The molecule has 1 aromatic heterocycles. The van der Waals surface area contributed by atoms with E-state index in [1.54, 1.807) is 0 Å². The van der Waals surface area contributed by atoms with Gasteiger partial charge in [-0.3, -0.25) is 0 Å². The number of nitrogens with one attached hydrogen (secondary N) is 1. The molecule has 1 nitrogen and oxygen atoms in total. The van der Waals surface area contributed by atoms with Crippen LogP contribution in [0.15, 0.2) is 60.7 Å². The van der Waals surface area contributed by atoms with Gasteiger partial charge in [0.05, 0.1) is 0 Å². The zero-order valence-electron chi connectivity index (χ0n) is 28.7. The zero-order chi connectivity index (χ0) is 31.3. The highest BCUT2D eigenvalue weighted by atomic mass is 14.7. The summed E-state index contributed by atoms with van der Waals surface area (Å²) in [5.41, 5.74) is 16.6. The summed E-state index contributed by atoms with van der Waals surface area (Å²) in [5.74, 6) is 2.84. The lowest BCUT2D eigenvalue weighted by Crippen LogP contribution is -2.03. The zero-order valence-corrected chi connectivity index (χ0v) is 28.7. The third kappa shape index (κ3) is 5.81. The maximum Gasteiger partial charge on any atom is 0.0465 e. The normalized spacial score (nSPS) is 12.5. The molecule has 226 valence electrons. The maximum atomic E-state index is 3.73. The first-order valence-corrected chi connectivity index (χ1v) is 16.7. The van der Waals surface area contributed by atoms with Crippen molar-refractivity contribution < 1.29 is 0 Å². The number of rotatable bonds is 8. The number of benzene rings is 4. The predicted molar refractivity (Wildman–Crippen MR) is 191 cm³/mol. The van der Waals surface area contributed by atoms with Crippen molar-refractivity contribution >= 4 is 21.8 Å². The first-order valence-electron chi connectivity index (χ1n) is 16.7. The standard InChI is InChI=1S/C42H53N/c1-23(2)31-19-33(25(5)6)41(34(20-31)26(7)8)29-13-15-39-37(17-29)38-18-30(14-16-40(38)43-39)42-35(27(9)10)21-32(24(3)4)22-36(42)28(11)12/h13-28,43H,1-12H3. The van der Waals surface area contributed by atoms with Gasteiger partial charge in [-0.05, 0) is 115 Å². The Kier molecular flexibility index (Phi) is 8.68. The average Bonchev–Trinajstić information content (AvgIpc) is 3.32. The molecule has 0 atom stereocenters. The average molecular weight is 572 g/mol. The molecule has 1 heterocycles.